The molecule has 7 heteroatoms. The summed E-state index contributed by atoms with van der Waals surface area (Å²) in [5.74, 6) is -0.114. The summed E-state index contributed by atoms with van der Waals surface area (Å²) in [6.07, 6.45) is 3.25. The van der Waals surface area contributed by atoms with Gasteiger partial charge in [-0.25, -0.2) is 0 Å². The Labute approximate surface area is 130 Å². The van der Waals surface area contributed by atoms with Gasteiger partial charge in [-0.05, 0) is 44.8 Å². The number of piperidine rings is 1. The van der Waals surface area contributed by atoms with E-state index >= 15 is 0 Å². The molecule has 2 heterocycles. The molecule has 0 saturated carbocycles. The van der Waals surface area contributed by atoms with Crippen molar-refractivity contribution in [2.24, 2.45) is 5.41 Å². The van der Waals surface area contributed by atoms with Gasteiger partial charge < -0.3 is 15.5 Å². The number of hydrogen-bond donors (Lipinski definition) is 2. The third kappa shape index (κ3) is 4.64. The van der Waals surface area contributed by atoms with Gasteiger partial charge in [0.05, 0.1) is 0 Å². The summed E-state index contributed by atoms with van der Waals surface area (Å²) in [6.45, 7) is 8.07. The number of carbonyl (C=O) groups excluding carboxylic acids is 1. The Morgan fingerprint density at radius 3 is 2.76 bits per heavy atom. The molecule has 0 aromatic carbocycles. The van der Waals surface area contributed by atoms with Gasteiger partial charge in [-0.2, -0.15) is 0 Å². The minimum absolute atomic E-state index is 0.114. The van der Waals surface area contributed by atoms with Gasteiger partial charge in [-0.15, -0.1) is 10.2 Å². The molecule has 0 spiro atoms. The van der Waals surface area contributed by atoms with Gasteiger partial charge in [-0.3, -0.25) is 4.79 Å². The van der Waals surface area contributed by atoms with Crippen molar-refractivity contribution < 1.29 is 4.79 Å². The molecule has 0 radical (unpaired) electrons. The van der Waals surface area contributed by atoms with Gasteiger partial charge in [0.25, 0.3) is 5.91 Å². The van der Waals surface area contributed by atoms with Crippen LogP contribution in [0.5, 0.6) is 0 Å². The smallest absolute Gasteiger partial charge is 0.282 e. The number of rotatable bonds is 6. The third-order valence-electron chi connectivity index (χ3n) is 4.02. The molecule has 0 atom stereocenters. The molecule has 0 bridgehead atoms. The molecule has 1 aliphatic heterocycles. The lowest BCUT2D eigenvalue weighted by atomic mass is 9.80. The topological polar surface area (TPSA) is 70.1 Å². The molecule has 0 aliphatic carbocycles. The van der Waals surface area contributed by atoms with Crippen LogP contribution in [0.15, 0.2) is 0 Å². The molecule has 1 saturated heterocycles. The molecular formula is C14H25N5OS. The van der Waals surface area contributed by atoms with E-state index in [1.54, 1.807) is 0 Å². The van der Waals surface area contributed by atoms with Gasteiger partial charge in [0.2, 0.25) is 10.1 Å². The molecule has 2 rings (SSSR count). The van der Waals surface area contributed by atoms with Crippen LogP contribution in [-0.2, 0) is 0 Å². The Hall–Kier alpha value is -1.21. The van der Waals surface area contributed by atoms with Crippen LogP contribution in [0.4, 0.5) is 5.13 Å². The highest BCUT2D eigenvalue weighted by Gasteiger charge is 2.29. The summed E-state index contributed by atoms with van der Waals surface area (Å²) in [5, 5.41) is 15.3. The largest absolute Gasteiger partial charge is 0.360 e. The van der Waals surface area contributed by atoms with Gasteiger partial charge >= 0.3 is 0 Å². The number of hydrogen-bond acceptors (Lipinski definition) is 6. The molecule has 1 aromatic rings. The fourth-order valence-electron chi connectivity index (χ4n) is 2.32. The van der Waals surface area contributed by atoms with Crippen molar-refractivity contribution in [1.82, 2.24) is 20.4 Å². The molecule has 6 nitrogen and oxygen atoms in total. The highest BCUT2D eigenvalue weighted by atomic mass is 32.1. The van der Waals surface area contributed by atoms with Gasteiger partial charge in [0.1, 0.15) is 0 Å². The monoisotopic (exact) mass is 311 g/mol. The first-order valence-electron chi connectivity index (χ1n) is 7.56. The van der Waals surface area contributed by atoms with Crippen LogP contribution in [0, 0.1) is 5.41 Å². The number of likely N-dealkylation sites (tertiary alicyclic amines) is 1. The first-order chi connectivity index (χ1) is 10.0. The quantitative estimate of drug-likeness (QED) is 0.838. The molecule has 1 aromatic heterocycles. The summed E-state index contributed by atoms with van der Waals surface area (Å²) in [4.78, 5) is 14.5. The van der Waals surface area contributed by atoms with Crippen LogP contribution < -0.4 is 10.6 Å². The molecular weight excluding hydrogens is 286 g/mol. The molecule has 2 N–H and O–H groups in total. The first-order valence-corrected chi connectivity index (χ1v) is 8.38. The lowest BCUT2D eigenvalue weighted by molar-refractivity contribution is 0.0890. The normalized spacial score (nSPS) is 18.4. The Kier molecular flexibility index (Phi) is 5.52. The molecule has 0 unspecified atom stereocenters. The van der Waals surface area contributed by atoms with Crippen molar-refractivity contribution in [1.29, 1.82) is 0 Å². The molecule has 1 amide bonds. The summed E-state index contributed by atoms with van der Waals surface area (Å²) in [5.41, 5.74) is 0.191. The second-order valence-corrected chi connectivity index (χ2v) is 7.11. The lowest BCUT2D eigenvalue weighted by Gasteiger charge is -2.37. The maximum absolute atomic E-state index is 12.1. The zero-order valence-electron chi connectivity index (χ0n) is 13.1. The Morgan fingerprint density at radius 2 is 2.10 bits per heavy atom. The van der Waals surface area contributed by atoms with Crippen molar-refractivity contribution in [3.8, 4) is 0 Å². The minimum Gasteiger partial charge on any atom is -0.360 e. The SMILES string of the molecule is CCCNc1nnc(C(=O)NCC2(C)CCN(C)CC2)s1. The average molecular weight is 311 g/mol. The van der Waals surface area contributed by atoms with E-state index < -0.39 is 0 Å². The Balaban J connectivity index is 1.82. The van der Waals surface area contributed by atoms with E-state index in [2.05, 4.69) is 46.6 Å². The zero-order valence-corrected chi connectivity index (χ0v) is 13.9. The van der Waals surface area contributed by atoms with Crippen LogP contribution in [-0.4, -0.2) is 54.2 Å². The highest BCUT2D eigenvalue weighted by Crippen LogP contribution is 2.29. The van der Waals surface area contributed by atoms with Gasteiger partial charge in [-0.1, -0.05) is 25.2 Å². The van der Waals surface area contributed by atoms with Crippen LogP contribution in [0.25, 0.3) is 0 Å². The van der Waals surface area contributed by atoms with Crippen LogP contribution in [0.1, 0.15) is 42.9 Å². The van der Waals surface area contributed by atoms with Gasteiger partial charge in [0.15, 0.2) is 0 Å². The summed E-state index contributed by atoms with van der Waals surface area (Å²) in [7, 11) is 2.14. The number of anilines is 1. The second-order valence-electron chi connectivity index (χ2n) is 6.14. The summed E-state index contributed by atoms with van der Waals surface area (Å²) >= 11 is 1.31. The average Bonchev–Trinajstić information content (AvgIpc) is 2.95. The standard InChI is InChI=1S/C14H25N5OS/c1-4-7-15-13-18-17-12(21-13)11(20)16-10-14(2)5-8-19(3)9-6-14/h4-10H2,1-3H3,(H,15,18)(H,16,20). The zero-order chi connectivity index (χ0) is 15.3. The molecule has 118 valence electrons. The number of nitrogens with one attached hydrogen (secondary N) is 2. The van der Waals surface area contributed by atoms with E-state index in [9.17, 15) is 4.79 Å². The van der Waals surface area contributed by atoms with E-state index in [-0.39, 0.29) is 11.3 Å². The third-order valence-corrected chi connectivity index (χ3v) is 4.90. The van der Waals surface area contributed by atoms with Crippen LogP contribution in [0.2, 0.25) is 0 Å². The second kappa shape index (κ2) is 7.17. The number of amides is 1. The fraction of sp³-hybridized carbons (Fsp3) is 0.786. The Morgan fingerprint density at radius 1 is 1.38 bits per heavy atom. The van der Waals surface area contributed by atoms with Crippen molar-refractivity contribution in [3.05, 3.63) is 5.01 Å². The maximum atomic E-state index is 12.1. The van der Waals surface area contributed by atoms with Crippen molar-refractivity contribution in [2.45, 2.75) is 33.1 Å². The van der Waals surface area contributed by atoms with E-state index in [1.165, 1.54) is 11.3 Å². The van der Waals surface area contributed by atoms with Crippen molar-refractivity contribution in [2.75, 3.05) is 38.5 Å². The molecule has 1 fully saturated rings. The van der Waals surface area contributed by atoms with Gasteiger partial charge in [0, 0.05) is 13.1 Å². The highest BCUT2D eigenvalue weighted by molar-refractivity contribution is 7.17. The van der Waals surface area contributed by atoms with E-state index in [0.717, 1.165) is 38.9 Å². The number of carbonyl (C=O) groups is 1. The number of aromatic nitrogens is 2. The number of nitrogens with zero attached hydrogens (tertiary/aromatic N) is 3. The van der Waals surface area contributed by atoms with E-state index in [1.807, 2.05) is 0 Å². The lowest BCUT2D eigenvalue weighted by Crippen LogP contribution is -2.43. The summed E-state index contributed by atoms with van der Waals surface area (Å²) < 4.78 is 0. The van der Waals surface area contributed by atoms with E-state index in [4.69, 9.17) is 0 Å². The predicted octanol–water partition coefficient (Wildman–Crippen LogP) is 1.82. The van der Waals surface area contributed by atoms with Crippen molar-refractivity contribution in [3.63, 3.8) is 0 Å². The molecule has 21 heavy (non-hydrogen) atoms. The van der Waals surface area contributed by atoms with Crippen molar-refractivity contribution >= 4 is 22.4 Å². The Bertz CT molecular complexity index is 468. The molecule has 1 aliphatic rings. The van der Waals surface area contributed by atoms with E-state index in [0.29, 0.717) is 16.7 Å². The fourth-order valence-corrected chi connectivity index (χ4v) is 3.01. The van der Waals surface area contributed by atoms with Crippen LogP contribution in [0.3, 0.4) is 0 Å². The predicted molar refractivity (Wildman–Crippen MR) is 85.9 cm³/mol. The van der Waals surface area contributed by atoms with Crippen LogP contribution >= 0.6 is 11.3 Å². The summed E-state index contributed by atoms with van der Waals surface area (Å²) in [6, 6.07) is 0. The maximum Gasteiger partial charge on any atom is 0.282 e. The minimum atomic E-state index is -0.114. The first kappa shape index (κ1) is 16.2.